The largest absolute Gasteiger partial charge is 0.349 e. The Morgan fingerprint density at radius 2 is 1.78 bits per heavy atom. The molecule has 1 heterocycles. The van der Waals surface area contributed by atoms with Gasteiger partial charge in [-0.2, -0.15) is 0 Å². The Kier molecular flexibility index (Phi) is 2.42. The van der Waals surface area contributed by atoms with E-state index in [1.54, 1.807) is 30.3 Å². The van der Waals surface area contributed by atoms with Crippen molar-refractivity contribution in [3.63, 3.8) is 0 Å². The average molecular weight is 260 g/mol. The van der Waals surface area contributed by atoms with Crippen LogP contribution in [0.1, 0.15) is 0 Å². The third kappa shape index (κ3) is 1.52. The minimum Gasteiger partial charge on any atom is -0.349 e. The molecule has 5 nitrogen and oxygen atoms in total. The summed E-state index contributed by atoms with van der Waals surface area (Å²) in [7, 11) is -2.18. The van der Waals surface area contributed by atoms with Crippen LogP contribution in [0.5, 0.6) is 0 Å². The van der Waals surface area contributed by atoms with Crippen molar-refractivity contribution >= 4 is 35.5 Å². The van der Waals surface area contributed by atoms with Crippen LogP contribution in [-0.4, -0.2) is 4.92 Å². The quantitative estimate of drug-likeness (QED) is 0.413. The van der Waals surface area contributed by atoms with E-state index in [1.165, 1.54) is 6.07 Å². The third-order valence-corrected chi connectivity index (χ3v) is 4.75. The fourth-order valence-corrected chi connectivity index (χ4v) is 3.68. The summed E-state index contributed by atoms with van der Waals surface area (Å²) in [4.78, 5) is 10.5. The van der Waals surface area contributed by atoms with Crippen molar-refractivity contribution in [3.8, 4) is 0 Å². The van der Waals surface area contributed by atoms with Crippen LogP contribution in [0.3, 0.4) is 0 Å². The van der Waals surface area contributed by atoms with E-state index in [1.807, 2.05) is 6.07 Å². The maximum Gasteiger partial charge on any atom is 0.293 e. The summed E-state index contributed by atoms with van der Waals surface area (Å²) in [5.41, 5.74) is 0.994. The zero-order chi connectivity index (χ0) is 12.7. The Balaban J connectivity index is 2.25. The molecule has 1 N–H and O–H groups in total. The summed E-state index contributed by atoms with van der Waals surface area (Å²) < 4.78 is 12.4. The molecular weight excluding hydrogens is 251 g/mol. The predicted molar refractivity (Wildman–Crippen MR) is 71.1 cm³/mol. The number of hydrogen-bond acceptors (Lipinski definition) is 4. The van der Waals surface area contributed by atoms with E-state index < -0.39 is 12.7 Å². The first-order chi connectivity index (χ1) is 8.68. The maximum atomic E-state index is 12.4. The second-order valence-electron chi connectivity index (χ2n) is 3.96. The zero-order valence-electron chi connectivity index (χ0n) is 9.21. The number of fused-ring (bicyclic) bond motifs is 2. The molecule has 0 radical (unpaired) electrons. The molecule has 0 bridgehead atoms. The van der Waals surface area contributed by atoms with Crippen molar-refractivity contribution in [3.05, 3.63) is 52.6 Å². The smallest absolute Gasteiger partial charge is 0.293 e. The number of nitro benzene ring substituents is 1. The van der Waals surface area contributed by atoms with Crippen molar-refractivity contribution in [2.45, 2.75) is 0 Å². The second-order valence-corrected chi connectivity index (χ2v) is 5.69. The SMILES string of the molecule is O=[N+]([O-])c1cccc2c1Nc1ccccc1[PH]2=O. The van der Waals surface area contributed by atoms with Crippen LogP contribution in [-0.2, 0) is 4.57 Å². The number of para-hydroxylation sites is 2. The zero-order valence-corrected chi connectivity index (χ0v) is 10.2. The molecule has 0 saturated heterocycles. The van der Waals surface area contributed by atoms with Gasteiger partial charge in [-0.15, -0.1) is 0 Å². The molecule has 2 aromatic rings. The number of nitrogens with one attached hydrogen (secondary N) is 1. The number of benzene rings is 2. The van der Waals surface area contributed by atoms with E-state index in [2.05, 4.69) is 5.32 Å². The highest BCUT2D eigenvalue weighted by Gasteiger charge is 2.27. The molecule has 0 aromatic heterocycles. The van der Waals surface area contributed by atoms with E-state index in [9.17, 15) is 14.7 Å². The van der Waals surface area contributed by atoms with Crippen LogP contribution in [0.25, 0.3) is 0 Å². The molecule has 90 valence electrons. The fourth-order valence-electron chi connectivity index (χ4n) is 2.08. The van der Waals surface area contributed by atoms with Crippen LogP contribution in [0.15, 0.2) is 42.5 Å². The highest BCUT2D eigenvalue weighted by Crippen LogP contribution is 2.38. The Labute approximate surface area is 103 Å². The lowest BCUT2D eigenvalue weighted by molar-refractivity contribution is -0.383. The van der Waals surface area contributed by atoms with Gasteiger partial charge in [0.05, 0.1) is 4.92 Å². The standard InChI is InChI=1S/C12H9N2O3P/c15-14(16)9-5-3-7-11-12(9)13-8-4-1-2-6-10(8)18(11)17/h1-7,18H,(H,13,17). The van der Waals surface area contributed by atoms with Crippen molar-refractivity contribution in [1.29, 1.82) is 0 Å². The third-order valence-electron chi connectivity index (χ3n) is 2.92. The molecule has 3 rings (SSSR count). The molecule has 0 amide bonds. The van der Waals surface area contributed by atoms with Gasteiger partial charge >= 0.3 is 0 Å². The van der Waals surface area contributed by atoms with E-state index in [0.29, 0.717) is 16.7 Å². The summed E-state index contributed by atoms with van der Waals surface area (Å²) in [6.07, 6.45) is 0. The molecule has 1 aliphatic heterocycles. The molecule has 0 aliphatic carbocycles. The highest BCUT2D eigenvalue weighted by atomic mass is 31.1. The summed E-state index contributed by atoms with van der Waals surface area (Å²) in [5, 5.41) is 15.2. The lowest BCUT2D eigenvalue weighted by Crippen LogP contribution is -2.21. The van der Waals surface area contributed by atoms with Gasteiger partial charge in [0.2, 0.25) is 0 Å². The molecule has 0 fully saturated rings. The van der Waals surface area contributed by atoms with Crippen molar-refractivity contribution < 1.29 is 9.49 Å². The van der Waals surface area contributed by atoms with Crippen LogP contribution in [0.4, 0.5) is 17.1 Å². The number of anilines is 2. The van der Waals surface area contributed by atoms with Gasteiger partial charge in [0, 0.05) is 22.4 Å². The van der Waals surface area contributed by atoms with Gasteiger partial charge in [-0.3, -0.25) is 10.1 Å². The summed E-state index contributed by atoms with van der Waals surface area (Å²) in [5.74, 6) is 0. The first-order valence-electron chi connectivity index (χ1n) is 5.36. The lowest BCUT2D eigenvalue weighted by Gasteiger charge is -2.20. The van der Waals surface area contributed by atoms with Gasteiger partial charge in [0.25, 0.3) is 5.69 Å². The Morgan fingerprint density at radius 3 is 2.56 bits per heavy atom. The normalized spacial score (nSPS) is 16.3. The summed E-state index contributed by atoms with van der Waals surface area (Å²) >= 11 is 0. The molecule has 0 spiro atoms. The number of hydrogen-bond donors (Lipinski definition) is 1. The van der Waals surface area contributed by atoms with Crippen molar-refractivity contribution in [2.75, 3.05) is 5.32 Å². The van der Waals surface area contributed by atoms with Gasteiger partial charge < -0.3 is 9.88 Å². The van der Waals surface area contributed by atoms with Crippen LogP contribution in [0, 0.1) is 10.1 Å². The minimum absolute atomic E-state index is 0.0413. The van der Waals surface area contributed by atoms with Gasteiger partial charge in [0.1, 0.15) is 13.5 Å². The Hall–Kier alpha value is -2.13. The topological polar surface area (TPSA) is 72.2 Å². The maximum absolute atomic E-state index is 12.4. The van der Waals surface area contributed by atoms with Crippen LogP contribution in [0.2, 0.25) is 0 Å². The fraction of sp³-hybridized carbons (Fsp3) is 0. The van der Waals surface area contributed by atoms with Crippen molar-refractivity contribution in [2.24, 2.45) is 0 Å². The lowest BCUT2D eigenvalue weighted by atomic mass is 10.2. The molecule has 1 aliphatic rings. The monoisotopic (exact) mass is 260 g/mol. The van der Waals surface area contributed by atoms with Gasteiger partial charge in [-0.05, 0) is 18.2 Å². The van der Waals surface area contributed by atoms with E-state index in [4.69, 9.17) is 0 Å². The molecule has 0 saturated carbocycles. The number of nitro groups is 1. The van der Waals surface area contributed by atoms with Crippen molar-refractivity contribution in [1.82, 2.24) is 0 Å². The van der Waals surface area contributed by atoms with E-state index >= 15 is 0 Å². The number of nitrogens with zero attached hydrogens (tertiary/aromatic N) is 1. The predicted octanol–water partition coefficient (Wildman–Crippen LogP) is 2.16. The summed E-state index contributed by atoms with van der Waals surface area (Å²) in [6, 6.07) is 11.8. The van der Waals surface area contributed by atoms with Gasteiger partial charge in [-0.1, -0.05) is 18.2 Å². The Morgan fingerprint density at radius 1 is 1.06 bits per heavy atom. The molecule has 1 unspecified atom stereocenters. The molecule has 18 heavy (non-hydrogen) atoms. The molecule has 2 aromatic carbocycles. The number of rotatable bonds is 1. The Bertz CT molecular complexity index is 685. The molecule has 6 heteroatoms. The average Bonchev–Trinajstić information content (AvgIpc) is 2.38. The summed E-state index contributed by atoms with van der Waals surface area (Å²) in [6.45, 7) is 0. The van der Waals surface area contributed by atoms with E-state index in [0.717, 1.165) is 5.30 Å². The first-order valence-corrected chi connectivity index (χ1v) is 6.77. The van der Waals surface area contributed by atoms with E-state index in [-0.39, 0.29) is 5.69 Å². The first kappa shape index (κ1) is 11.0. The minimum atomic E-state index is -2.18. The highest BCUT2D eigenvalue weighted by molar-refractivity contribution is 7.62. The van der Waals surface area contributed by atoms with Gasteiger partial charge in [-0.25, -0.2) is 0 Å². The molecular formula is C12H9N2O3P. The second kappa shape index (κ2) is 3.96. The van der Waals surface area contributed by atoms with Crippen LogP contribution >= 0.6 is 7.80 Å². The van der Waals surface area contributed by atoms with Crippen LogP contribution < -0.4 is 15.9 Å². The molecule has 1 atom stereocenters. The van der Waals surface area contributed by atoms with Gasteiger partial charge in [0.15, 0.2) is 0 Å².